The van der Waals surface area contributed by atoms with E-state index in [0.717, 1.165) is 5.82 Å². The number of hydrogen-bond acceptors (Lipinski definition) is 6. The first-order valence-electron chi connectivity index (χ1n) is 6.50. The molecule has 0 aliphatic carbocycles. The van der Waals surface area contributed by atoms with Crippen molar-refractivity contribution in [2.45, 2.75) is 24.8 Å². The molecule has 0 atom stereocenters. The zero-order chi connectivity index (χ0) is 15.5. The Kier molecular flexibility index (Phi) is 4.76. The summed E-state index contributed by atoms with van der Waals surface area (Å²) in [5.41, 5.74) is 0. The fraction of sp³-hybridized carbons (Fsp3) is 0.500. The van der Waals surface area contributed by atoms with Gasteiger partial charge in [0.15, 0.2) is 0 Å². The number of sulfonamides is 1. The molecule has 0 aliphatic rings. The normalized spacial score (nSPS) is 12.0. The first-order chi connectivity index (χ1) is 9.94. The molecule has 0 aromatic carbocycles. The van der Waals surface area contributed by atoms with Crippen molar-refractivity contribution in [3.05, 3.63) is 29.7 Å². The number of nitrogens with one attached hydrogen (secondary N) is 2. The molecule has 2 N–H and O–H groups in total. The molecule has 0 unspecified atom stereocenters. The van der Waals surface area contributed by atoms with Gasteiger partial charge in [-0.3, -0.25) is 0 Å². The van der Waals surface area contributed by atoms with Gasteiger partial charge in [0.1, 0.15) is 28.6 Å². The number of hydrogen-bond donors (Lipinski definition) is 2. The molecule has 0 saturated heterocycles. The van der Waals surface area contributed by atoms with Crippen LogP contribution in [0, 0.1) is 6.92 Å². The van der Waals surface area contributed by atoms with Gasteiger partial charge < -0.3 is 14.3 Å². The van der Waals surface area contributed by atoms with Crippen LogP contribution >= 0.6 is 0 Å². The van der Waals surface area contributed by atoms with Crippen LogP contribution in [-0.2, 0) is 30.0 Å². The number of furan rings is 1. The highest BCUT2D eigenvalue weighted by molar-refractivity contribution is 7.89. The Labute approximate surface area is 123 Å². The Morgan fingerprint density at radius 2 is 2.19 bits per heavy atom. The lowest BCUT2D eigenvalue weighted by atomic mass is 10.4. The van der Waals surface area contributed by atoms with Crippen molar-refractivity contribution in [1.29, 1.82) is 0 Å². The predicted molar refractivity (Wildman–Crippen MR) is 76.1 cm³/mol. The van der Waals surface area contributed by atoms with Gasteiger partial charge in [-0.05, 0) is 14.0 Å². The molecule has 0 aliphatic heterocycles. The summed E-state index contributed by atoms with van der Waals surface area (Å²) >= 11 is 0. The summed E-state index contributed by atoms with van der Waals surface area (Å²) < 4.78 is 34.2. The first-order valence-corrected chi connectivity index (χ1v) is 7.99. The van der Waals surface area contributed by atoms with E-state index in [1.807, 2.05) is 7.05 Å². The second kappa shape index (κ2) is 6.37. The molecule has 2 heterocycles. The highest BCUT2D eigenvalue weighted by Crippen LogP contribution is 2.19. The molecule has 21 heavy (non-hydrogen) atoms. The lowest BCUT2D eigenvalue weighted by molar-refractivity contribution is 0.465. The largest absolute Gasteiger partial charge is 0.464 e. The number of nitrogens with zero attached hydrogens (tertiary/aromatic N) is 3. The summed E-state index contributed by atoms with van der Waals surface area (Å²) in [7, 11) is -0.000879. The van der Waals surface area contributed by atoms with Crippen LogP contribution in [0.15, 0.2) is 21.7 Å². The molecule has 2 aromatic rings. The van der Waals surface area contributed by atoms with E-state index in [2.05, 4.69) is 20.2 Å². The van der Waals surface area contributed by atoms with Gasteiger partial charge >= 0.3 is 0 Å². The maximum Gasteiger partial charge on any atom is 0.244 e. The number of aromatic nitrogens is 3. The molecular formula is C12H19N5O3S. The minimum atomic E-state index is -3.58. The minimum Gasteiger partial charge on any atom is -0.464 e. The summed E-state index contributed by atoms with van der Waals surface area (Å²) in [6.07, 6.45) is 2.05. The fourth-order valence-corrected chi connectivity index (χ4v) is 3.19. The zero-order valence-corrected chi connectivity index (χ0v) is 13.1. The van der Waals surface area contributed by atoms with Crippen molar-refractivity contribution in [3.63, 3.8) is 0 Å². The van der Waals surface area contributed by atoms with Crippen LogP contribution in [0.5, 0.6) is 0 Å². The molecule has 0 fully saturated rings. The molecule has 9 heteroatoms. The van der Waals surface area contributed by atoms with E-state index in [4.69, 9.17) is 4.42 Å². The van der Waals surface area contributed by atoms with Crippen molar-refractivity contribution < 1.29 is 12.8 Å². The second-order valence-electron chi connectivity index (χ2n) is 4.67. The summed E-state index contributed by atoms with van der Waals surface area (Å²) in [4.78, 5) is 0.172. The average Bonchev–Trinajstić information content (AvgIpc) is 2.97. The van der Waals surface area contributed by atoms with Gasteiger partial charge in [-0.1, -0.05) is 0 Å². The van der Waals surface area contributed by atoms with Crippen LogP contribution in [0.2, 0.25) is 0 Å². The molecular weight excluding hydrogens is 294 g/mol. The van der Waals surface area contributed by atoms with Gasteiger partial charge in [0, 0.05) is 26.1 Å². The number of rotatable bonds is 7. The quantitative estimate of drug-likeness (QED) is 0.743. The second-order valence-corrected chi connectivity index (χ2v) is 6.40. The van der Waals surface area contributed by atoms with Crippen LogP contribution < -0.4 is 10.0 Å². The van der Waals surface area contributed by atoms with Crippen molar-refractivity contribution in [2.75, 3.05) is 13.6 Å². The highest BCUT2D eigenvalue weighted by Gasteiger charge is 2.21. The Hall–Kier alpha value is -1.71. The standard InChI is InChI=1S/C12H19N5O3S/c1-9-11(6-10(20-9)7-13-2)21(18,19)15-5-4-12-16-14-8-17(12)3/h6,8,13,15H,4-5,7H2,1-3H3. The maximum absolute atomic E-state index is 12.2. The van der Waals surface area contributed by atoms with E-state index < -0.39 is 10.0 Å². The molecule has 8 nitrogen and oxygen atoms in total. The molecule has 0 spiro atoms. The Morgan fingerprint density at radius 3 is 2.81 bits per heavy atom. The third-order valence-corrected chi connectivity index (χ3v) is 4.58. The van der Waals surface area contributed by atoms with E-state index in [1.165, 1.54) is 6.07 Å². The van der Waals surface area contributed by atoms with Crippen molar-refractivity contribution in [2.24, 2.45) is 7.05 Å². The highest BCUT2D eigenvalue weighted by atomic mass is 32.2. The van der Waals surface area contributed by atoms with Crippen LogP contribution in [0.3, 0.4) is 0 Å². The molecule has 0 radical (unpaired) electrons. The topological polar surface area (TPSA) is 102 Å². The smallest absolute Gasteiger partial charge is 0.244 e. The van der Waals surface area contributed by atoms with Crippen LogP contribution in [0.4, 0.5) is 0 Å². The van der Waals surface area contributed by atoms with E-state index in [9.17, 15) is 8.42 Å². The monoisotopic (exact) mass is 313 g/mol. The van der Waals surface area contributed by atoms with E-state index in [1.54, 1.807) is 24.9 Å². The predicted octanol–water partition coefficient (Wildman–Crippen LogP) is -0.0431. The lowest BCUT2D eigenvalue weighted by Crippen LogP contribution is -2.26. The van der Waals surface area contributed by atoms with Gasteiger partial charge in [-0.2, -0.15) is 0 Å². The Balaban J connectivity index is 2.03. The van der Waals surface area contributed by atoms with Gasteiger partial charge in [0.2, 0.25) is 10.0 Å². The fourth-order valence-electron chi connectivity index (χ4n) is 1.96. The van der Waals surface area contributed by atoms with E-state index in [-0.39, 0.29) is 11.4 Å². The summed E-state index contributed by atoms with van der Waals surface area (Å²) in [5.74, 6) is 1.69. The van der Waals surface area contributed by atoms with E-state index in [0.29, 0.717) is 24.5 Å². The summed E-state index contributed by atoms with van der Waals surface area (Å²) in [6, 6.07) is 1.54. The molecule has 116 valence electrons. The van der Waals surface area contributed by atoms with Crippen LogP contribution in [-0.4, -0.2) is 36.8 Å². The first kappa shape index (κ1) is 15.7. The lowest BCUT2D eigenvalue weighted by Gasteiger charge is -2.05. The minimum absolute atomic E-state index is 0.172. The van der Waals surface area contributed by atoms with Gasteiger partial charge in [-0.25, -0.2) is 13.1 Å². The van der Waals surface area contributed by atoms with Crippen molar-refractivity contribution >= 4 is 10.0 Å². The third kappa shape index (κ3) is 3.69. The van der Waals surface area contributed by atoms with E-state index >= 15 is 0 Å². The van der Waals surface area contributed by atoms with Crippen molar-refractivity contribution in [1.82, 2.24) is 24.8 Å². The van der Waals surface area contributed by atoms with Gasteiger partial charge in [0.05, 0.1) is 6.54 Å². The molecule has 0 amide bonds. The maximum atomic E-state index is 12.2. The molecule has 2 aromatic heterocycles. The third-order valence-electron chi connectivity index (χ3n) is 3.01. The van der Waals surface area contributed by atoms with Gasteiger partial charge in [0.25, 0.3) is 0 Å². The average molecular weight is 313 g/mol. The summed E-state index contributed by atoms with van der Waals surface area (Å²) in [6.45, 7) is 2.37. The SMILES string of the molecule is CNCc1cc(S(=O)(=O)NCCc2nncn2C)c(C)o1. The van der Waals surface area contributed by atoms with Gasteiger partial charge in [-0.15, -0.1) is 10.2 Å². The Bertz CT molecular complexity index is 704. The molecule has 0 saturated carbocycles. The van der Waals surface area contributed by atoms with Crippen LogP contribution in [0.25, 0.3) is 0 Å². The molecule has 0 bridgehead atoms. The van der Waals surface area contributed by atoms with Crippen molar-refractivity contribution in [3.8, 4) is 0 Å². The van der Waals surface area contributed by atoms with Crippen LogP contribution in [0.1, 0.15) is 17.3 Å². The molecule has 2 rings (SSSR count). The number of aryl methyl sites for hydroxylation is 2. The zero-order valence-electron chi connectivity index (χ0n) is 12.3. The Morgan fingerprint density at radius 1 is 1.43 bits per heavy atom. The summed E-state index contributed by atoms with van der Waals surface area (Å²) in [5, 5.41) is 10.6.